The molecule has 1 fully saturated rings. The molecule has 3 heterocycles. The Bertz CT molecular complexity index is 607. The highest BCUT2D eigenvalue weighted by Gasteiger charge is 2.21. The van der Waals surface area contributed by atoms with Crippen LogP contribution in [0.25, 0.3) is 10.3 Å². The van der Waals surface area contributed by atoms with Crippen LogP contribution in [0.5, 0.6) is 0 Å². The maximum Gasteiger partial charge on any atom is 0.263 e. The Morgan fingerprint density at radius 1 is 1.37 bits per heavy atom. The number of hydrogen-bond donors (Lipinski definition) is 2. The van der Waals surface area contributed by atoms with Gasteiger partial charge in [0, 0.05) is 31.6 Å². The molecule has 0 bridgehead atoms. The molecular weight excluding hydrogens is 264 g/mol. The number of nitrogens with two attached hydrogens (primary N) is 1. The van der Waals surface area contributed by atoms with Gasteiger partial charge < -0.3 is 15.8 Å². The predicted octanol–water partition coefficient (Wildman–Crippen LogP) is 1.18. The van der Waals surface area contributed by atoms with Gasteiger partial charge in [0.15, 0.2) is 0 Å². The summed E-state index contributed by atoms with van der Waals surface area (Å²) in [5.41, 5.74) is 6.98. The van der Waals surface area contributed by atoms with E-state index >= 15 is 0 Å². The van der Waals surface area contributed by atoms with E-state index < -0.39 is 0 Å². The lowest BCUT2D eigenvalue weighted by Crippen LogP contribution is -2.38. The first-order valence-corrected chi connectivity index (χ1v) is 6.95. The van der Waals surface area contributed by atoms with Gasteiger partial charge in [-0.25, -0.2) is 9.97 Å². The van der Waals surface area contributed by atoms with E-state index in [4.69, 9.17) is 10.5 Å². The van der Waals surface area contributed by atoms with Crippen molar-refractivity contribution in [3.63, 3.8) is 0 Å². The fraction of sp³-hybridized carbons (Fsp3) is 0.417. The SMILES string of the molecule is Nc1c(C(=O)NC2CCOCC2)sc2nccnc12. The van der Waals surface area contributed by atoms with Crippen LogP contribution in [-0.4, -0.2) is 35.1 Å². The third kappa shape index (κ3) is 2.39. The summed E-state index contributed by atoms with van der Waals surface area (Å²) in [6, 6.07) is 0.159. The second-order valence-corrected chi connectivity index (χ2v) is 5.41. The number of nitrogen functional groups attached to an aromatic ring is 1. The van der Waals surface area contributed by atoms with Gasteiger partial charge in [-0.05, 0) is 12.8 Å². The van der Waals surface area contributed by atoms with Gasteiger partial charge in [0.05, 0.1) is 5.69 Å². The molecule has 6 nitrogen and oxygen atoms in total. The van der Waals surface area contributed by atoms with E-state index in [0.29, 0.717) is 34.1 Å². The molecule has 19 heavy (non-hydrogen) atoms. The summed E-state index contributed by atoms with van der Waals surface area (Å²) >= 11 is 1.28. The van der Waals surface area contributed by atoms with Crippen molar-refractivity contribution >= 4 is 33.3 Å². The molecule has 0 atom stereocenters. The minimum atomic E-state index is -0.144. The number of nitrogens with zero attached hydrogens (tertiary/aromatic N) is 2. The first-order chi connectivity index (χ1) is 9.25. The third-order valence-corrected chi connectivity index (χ3v) is 4.23. The van der Waals surface area contributed by atoms with Crippen LogP contribution in [0.2, 0.25) is 0 Å². The average Bonchev–Trinajstić information content (AvgIpc) is 2.78. The Morgan fingerprint density at radius 3 is 2.84 bits per heavy atom. The van der Waals surface area contributed by atoms with Crippen molar-refractivity contribution in [2.75, 3.05) is 18.9 Å². The number of carbonyl (C=O) groups is 1. The topological polar surface area (TPSA) is 90.1 Å². The van der Waals surface area contributed by atoms with Crippen molar-refractivity contribution in [1.29, 1.82) is 0 Å². The number of anilines is 1. The van der Waals surface area contributed by atoms with Crippen molar-refractivity contribution in [2.45, 2.75) is 18.9 Å². The summed E-state index contributed by atoms with van der Waals surface area (Å²) < 4.78 is 5.27. The minimum absolute atomic E-state index is 0.144. The molecule has 1 aliphatic rings. The molecule has 3 rings (SSSR count). The molecule has 0 spiro atoms. The summed E-state index contributed by atoms with van der Waals surface area (Å²) in [6.45, 7) is 1.38. The van der Waals surface area contributed by atoms with Gasteiger partial charge in [-0.2, -0.15) is 0 Å². The van der Waals surface area contributed by atoms with Gasteiger partial charge in [0.2, 0.25) is 0 Å². The van der Waals surface area contributed by atoms with Crippen LogP contribution in [0.15, 0.2) is 12.4 Å². The smallest absolute Gasteiger partial charge is 0.263 e. The van der Waals surface area contributed by atoms with Gasteiger partial charge in [-0.1, -0.05) is 0 Å². The van der Waals surface area contributed by atoms with Crippen LogP contribution in [0, 0.1) is 0 Å². The van der Waals surface area contributed by atoms with Crippen LogP contribution in [0.3, 0.4) is 0 Å². The first-order valence-electron chi connectivity index (χ1n) is 6.13. The molecule has 7 heteroatoms. The van der Waals surface area contributed by atoms with Gasteiger partial charge in [0.1, 0.15) is 15.2 Å². The van der Waals surface area contributed by atoms with Crippen molar-refractivity contribution in [1.82, 2.24) is 15.3 Å². The lowest BCUT2D eigenvalue weighted by molar-refractivity contribution is 0.0699. The van der Waals surface area contributed by atoms with E-state index in [1.165, 1.54) is 11.3 Å². The Hall–Kier alpha value is -1.73. The molecule has 0 unspecified atom stereocenters. The second-order valence-electron chi connectivity index (χ2n) is 4.42. The van der Waals surface area contributed by atoms with E-state index in [9.17, 15) is 4.79 Å². The number of nitrogens with one attached hydrogen (secondary N) is 1. The van der Waals surface area contributed by atoms with Crippen molar-refractivity contribution in [3.8, 4) is 0 Å². The molecular formula is C12H14N4O2S. The standard InChI is InChI=1S/C12H14N4O2S/c13-8-9-12(15-4-3-14-9)19-10(8)11(17)16-7-1-5-18-6-2-7/h3-4,7H,1-2,5-6,13H2,(H,16,17). The number of rotatable bonds is 2. The van der Waals surface area contributed by atoms with E-state index in [0.717, 1.165) is 12.8 Å². The molecule has 2 aromatic heterocycles. The van der Waals surface area contributed by atoms with Crippen LogP contribution in [0.1, 0.15) is 22.5 Å². The number of hydrogen-bond acceptors (Lipinski definition) is 6. The quantitative estimate of drug-likeness (QED) is 0.861. The zero-order valence-corrected chi connectivity index (χ0v) is 11.1. The fourth-order valence-electron chi connectivity index (χ4n) is 2.11. The third-order valence-electron chi connectivity index (χ3n) is 3.13. The van der Waals surface area contributed by atoms with E-state index in [2.05, 4.69) is 15.3 Å². The molecule has 100 valence electrons. The second kappa shape index (κ2) is 5.10. The molecule has 0 radical (unpaired) electrons. The van der Waals surface area contributed by atoms with E-state index in [1.807, 2.05) is 0 Å². The zero-order valence-electron chi connectivity index (χ0n) is 10.3. The van der Waals surface area contributed by atoms with Crippen molar-refractivity contribution in [3.05, 3.63) is 17.3 Å². The molecule has 0 aromatic carbocycles. The number of ether oxygens (including phenoxy) is 1. The van der Waals surface area contributed by atoms with E-state index in [1.54, 1.807) is 12.4 Å². The van der Waals surface area contributed by atoms with Crippen molar-refractivity contribution < 1.29 is 9.53 Å². The highest BCUT2D eigenvalue weighted by molar-refractivity contribution is 7.21. The summed E-state index contributed by atoms with van der Waals surface area (Å²) in [5.74, 6) is -0.144. The van der Waals surface area contributed by atoms with Gasteiger partial charge >= 0.3 is 0 Å². The average molecular weight is 278 g/mol. The first kappa shape index (κ1) is 12.3. The molecule has 1 saturated heterocycles. The van der Waals surface area contributed by atoms with E-state index in [-0.39, 0.29) is 11.9 Å². The maximum atomic E-state index is 12.2. The van der Waals surface area contributed by atoms with Crippen LogP contribution < -0.4 is 11.1 Å². The number of amides is 1. The largest absolute Gasteiger partial charge is 0.396 e. The number of aromatic nitrogens is 2. The molecule has 1 aliphatic heterocycles. The Balaban J connectivity index is 1.83. The molecule has 3 N–H and O–H groups in total. The fourth-order valence-corrected chi connectivity index (χ4v) is 3.03. The van der Waals surface area contributed by atoms with Crippen LogP contribution in [-0.2, 0) is 4.74 Å². The number of carbonyl (C=O) groups excluding carboxylic acids is 1. The monoisotopic (exact) mass is 278 g/mol. The summed E-state index contributed by atoms with van der Waals surface area (Å²) in [5, 5.41) is 2.99. The van der Waals surface area contributed by atoms with Gasteiger partial charge in [0.25, 0.3) is 5.91 Å². The predicted molar refractivity (Wildman–Crippen MR) is 73.1 cm³/mol. The normalized spacial score (nSPS) is 16.6. The molecule has 1 amide bonds. The lowest BCUT2D eigenvalue weighted by Gasteiger charge is -2.22. The van der Waals surface area contributed by atoms with Gasteiger partial charge in [-0.15, -0.1) is 11.3 Å². The summed E-state index contributed by atoms with van der Waals surface area (Å²) in [6.07, 6.45) is 4.85. The number of thiophene rings is 1. The maximum absolute atomic E-state index is 12.2. The Morgan fingerprint density at radius 2 is 2.11 bits per heavy atom. The summed E-state index contributed by atoms with van der Waals surface area (Å²) in [7, 11) is 0. The molecule has 2 aromatic rings. The lowest BCUT2D eigenvalue weighted by atomic mass is 10.1. The molecule has 0 aliphatic carbocycles. The Labute approximate surface area is 114 Å². The van der Waals surface area contributed by atoms with Gasteiger partial charge in [-0.3, -0.25) is 4.79 Å². The van der Waals surface area contributed by atoms with Crippen LogP contribution in [0.4, 0.5) is 5.69 Å². The Kier molecular flexibility index (Phi) is 3.31. The number of fused-ring (bicyclic) bond motifs is 1. The highest BCUT2D eigenvalue weighted by Crippen LogP contribution is 2.30. The minimum Gasteiger partial charge on any atom is -0.396 e. The highest BCUT2D eigenvalue weighted by atomic mass is 32.1. The van der Waals surface area contributed by atoms with Crippen molar-refractivity contribution in [2.24, 2.45) is 0 Å². The zero-order chi connectivity index (χ0) is 13.2. The van der Waals surface area contributed by atoms with Crippen LogP contribution >= 0.6 is 11.3 Å². The molecule has 0 saturated carbocycles. The summed E-state index contributed by atoms with van der Waals surface area (Å²) in [4.78, 5) is 21.7.